The Morgan fingerprint density at radius 2 is 1.94 bits per heavy atom. The van der Waals surface area contributed by atoms with Gasteiger partial charge in [-0.1, -0.05) is 12.1 Å². The molecule has 1 unspecified atom stereocenters. The minimum atomic E-state index is -2.56. The van der Waals surface area contributed by atoms with E-state index in [-0.39, 0.29) is 11.9 Å². The smallest absolute Gasteiger partial charge is 0.227 e. The number of anilines is 4. The van der Waals surface area contributed by atoms with E-state index in [2.05, 4.69) is 40.2 Å². The first-order valence-corrected chi connectivity index (χ1v) is 11.7. The second-order valence-electron chi connectivity index (χ2n) is 7.79. The van der Waals surface area contributed by atoms with Crippen molar-refractivity contribution in [3.63, 3.8) is 0 Å². The first-order chi connectivity index (χ1) is 16.0. The lowest BCUT2D eigenvalue weighted by atomic mass is 9.96. The van der Waals surface area contributed by atoms with Crippen molar-refractivity contribution in [2.24, 2.45) is 5.92 Å². The summed E-state index contributed by atoms with van der Waals surface area (Å²) in [6.07, 6.45) is 5.54. The highest BCUT2D eigenvalue weighted by Crippen LogP contribution is 2.29. The molecule has 1 aliphatic heterocycles. The number of nitrogens with one attached hydrogen (secondary N) is 3. The molecule has 0 aliphatic carbocycles. The SMILES string of the molecule is CC(Nc1nc(Nc2cnccn2)cc(N2CC(CCN[SH](=O)=O)C2)n1)c1ccc(F)cc1. The van der Waals surface area contributed by atoms with Gasteiger partial charge < -0.3 is 15.5 Å². The number of hydrogen-bond donors (Lipinski definition) is 4. The van der Waals surface area contributed by atoms with Crippen LogP contribution in [-0.4, -0.2) is 48.0 Å². The van der Waals surface area contributed by atoms with Gasteiger partial charge in [-0.05, 0) is 37.0 Å². The third-order valence-electron chi connectivity index (χ3n) is 5.32. The summed E-state index contributed by atoms with van der Waals surface area (Å²) in [6, 6.07) is 7.98. The summed E-state index contributed by atoms with van der Waals surface area (Å²) >= 11 is 0. The fourth-order valence-electron chi connectivity index (χ4n) is 3.55. The Bertz CT molecular complexity index is 1130. The van der Waals surface area contributed by atoms with Gasteiger partial charge in [0.2, 0.25) is 16.8 Å². The maximum atomic E-state index is 13.3. The second kappa shape index (κ2) is 10.5. The van der Waals surface area contributed by atoms with E-state index < -0.39 is 10.9 Å². The predicted octanol–water partition coefficient (Wildman–Crippen LogP) is 2.26. The fraction of sp³-hybridized carbons (Fsp3) is 0.333. The third kappa shape index (κ3) is 6.33. The Morgan fingerprint density at radius 1 is 1.15 bits per heavy atom. The van der Waals surface area contributed by atoms with E-state index in [0.717, 1.165) is 30.9 Å². The Kier molecular flexibility index (Phi) is 7.25. The third-order valence-corrected chi connectivity index (χ3v) is 5.80. The van der Waals surface area contributed by atoms with Gasteiger partial charge >= 0.3 is 0 Å². The minimum absolute atomic E-state index is 0.144. The quantitative estimate of drug-likeness (QED) is 0.329. The molecule has 4 rings (SSSR count). The molecule has 3 N–H and O–H groups in total. The summed E-state index contributed by atoms with van der Waals surface area (Å²) in [5.74, 6) is 2.37. The van der Waals surface area contributed by atoms with E-state index in [1.165, 1.54) is 12.1 Å². The van der Waals surface area contributed by atoms with Gasteiger partial charge in [0, 0.05) is 38.1 Å². The Morgan fingerprint density at radius 3 is 2.64 bits per heavy atom. The first-order valence-electron chi connectivity index (χ1n) is 10.5. The molecular formula is C21H25FN8O2S. The fourth-order valence-corrected chi connectivity index (χ4v) is 3.86. The Hall–Kier alpha value is -3.38. The summed E-state index contributed by atoms with van der Waals surface area (Å²) in [5, 5.41) is 6.43. The van der Waals surface area contributed by atoms with Crippen molar-refractivity contribution in [2.45, 2.75) is 19.4 Å². The summed E-state index contributed by atoms with van der Waals surface area (Å²) < 4.78 is 37.0. The van der Waals surface area contributed by atoms with E-state index in [4.69, 9.17) is 0 Å². The molecular weight excluding hydrogens is 447 g/mol. The average molecular weight is 473 g/mol. The molecule has 0 radical (unpaired) electrons. The molecule has 0 saturated carbocycles. The average Bonchev–Trinajstić information content (AvgIpc) is 2.76. The van der Waals surface area contributed by atoms with Crippen LogP contribution in [0.1, 0.15) is 24.9 Å². The molecule has 12 heteroatoms. The van der Waals surface area contributed by atoms with Crippen molar-refractivity contribution < 1.29 is 12.8 Å². The zero-order valence-corrected chi connectivity index (χ0v) is 18.9. The number of thiol groups is 1. The van der Waals surface area contributed by atoms with Crippen LogP contribution in [0.25, 0.3) is 0 Å². The van der Waals surface area contributed by atoms with Crippen molar-refractivity contribution in [1.29, 1.82) is 0 Å². The lowest BCUT2D eigenvalue weighted by Crippen LogP contribution is -2.48. The normalized spacial score (nSPS) is 14.7. The standard InChI is InChI=1S/C21H25FN8O2S/c1-14(16-2-4-17(22)5-3-16)26-21-28-18(27-19-11-23-8-9-24-19)10-20(29-21)30-12-15(13-30)6-7-25-33(31)32/h2-5,8-11,14-15,33H,6-7,12-13H2,1H3,(H,25,31,32)(H2,24,26,27,28,29). The number of hydrogen-bond acceptors (Lipinski definition) is 9. The van der Waals surface area contributed by atoms with Crippen LogP contribution >= 0.6 is 0 Å². The number of benzene rings is 1. The van der Waals surface area contributed by atoms with Gasteiger partial charge in [0.25, 0.3) is 0 Å². The number of nitrogens with zero attached hydrogens (tertiary/aromatic N) is 5. The van der Waals surface area contributed by atoms with Crippen molar-refractivity contribution in [3.05, 3.63) is 60.3 Å². The van der Waals surface area contributed by atoms with Crippen LogP contribution in [0.3, 0.4) is 0 Å². The summed E-state index contributed by atoms with van der Waals surface area (Å²) in [5.41, 5.74) is 0.905. The monoisotopic (exact) mass is 472 g/mol. The van der Waals surface area contributed by atoms with E-state index in [1.807, 2.05) is 13.0 Å². The molecule has 10 nitrogen and oxygen atoms in total. The van der Waals surface area contributed by atoms with Gasteiger partial charge in [-0.15, -0.1) is 0 Å². The summed E-state index contributed by atoms with van der Waals surface area (Å²) in [4.78, 5) is 19.6. The molecule has 0 spiro atoms. The van der Waals surface area contributed by atoms with Crippen LogP contribution in [0.15, 0.2) is 48.9 Å². The highest BCUT2D eigenvalue weighted by atomic mass is 32.2. The van der Waals surface area contributed by atoms with Crippen LogP contribution in [0.5, 0.6) is 0 Å². The largest absolute Gasteiger partial charge is 0.356 e. The maximum absolute atomic E-state index is 13.3. The van der Waals surface area contributed by atoms with E-state index >= 15 is 0 Å². The van der Waals surface area contributed by atoms with Crippen LogP contribution in [0.2, 0.25) is 0 Å². The van der Waals surface area contributed by atoms with Gasteiger partial charge in [0.05, 0.1) is 12.2 Å². The molecule has 1 aromatic carbocycles. The summed E-state index contributed by atoms with van der Waals surface area (Å²) in [7, 11) is -2.56. The van der Waals surface area contributed by atoms with E-state index in [0.29, 0.717) is 30.0 Å². The van der Waals surface area contributed by atoms with Gasteiger partial charge in [-0.25, -0.2) is 22.5 Å². The van der Waals surface area contributed by atoms with Gasteiger partial charge in [0.15, 0.2) is 0 Å². The maximum Gasteiger partial charge on any atom is 0.227 e. The molecule has 1 saturated heterocycles. The Balaban J connectivity index is 1.49. The zero-order chi connectivity index (χ0) is 23.2. The van der Waals surface area contributed by atoms with Crippen molar-refractivity contribution in [3.8, 4) is 0 Å². The first kappa shape index (κ1) is 22.8. The Labute approximate surface area is 192 Å². The van der Waals surface area contributed by atoms with Gasteiger partial charge in [-0.3, -0.25) is 4.98 Å². The highest BCUT2D eigenvalue weighted by Gasteiger charge is 2.28. The molecule has 1 atom stereocenters. The van der Waals surface area contributed by atoms with Crippen LogP contribution in [-0.2, 0) is 10.9 Å². The lowest BCUT2D eigenvalue weighted by molar-refractivity contribution is 0.382. The molecule has 0 amide bonds. The second-order valence-corrected chi connectivity index (χ2v) is 8.62. The molecule has 0 bridgehead atoms. The van der Waals surface area contributed by atoms with Crippen LogP contribution in [0.4, 0.5) is 27.8 Å². The molecule has 3 heterocycles. The highest BCUT2D eigenvalue weighted by molar-refractivity contribution is 7.70. The number of halogens is 1. The zero-order valence-electron chi connectivity index (χ0n) is 18.0. The van der Waals surface area contributed by atoms with Crippen LogP contribution < -0.4 is 20.3 Å². The number of rotatable bonds is 10. The van der Waals surface area contributed by atoms with Crippen molar-refractivity contribution >= 4 is 34.3 Å². The molecule has 33 heavy (non-hydrogen) atoms. The van der Waals surface area contributed by atoms with E-state index in [9.17, 15) is 12.8 Å². The predicted molar refractivity (Wildman–Crippen MR) is 124 cm³/mol. The molecule has 174 valence electrons. The molecule has 1 fully saturated rings. The minimum Gasteiger partial charge on any atom is -0.356 e. The summed E-state index contributed by atoms with van der Waals surface area (Å²) in [6.45, 7) is 3.92. The lowest BCUT2D eigenvalue weighted by Gasteiger charge is -2.40. The number of aromatic nitrogens is 4. The van der Waals surface area contributed by atoms with Crippen molar-refractivity contribution in [1.82, 2.24) is 24.7 Å². The molecule has 1 aliphatic rings. The van der Waals surface area contributed by atoms with Crippen molar-refractivity contribution in [2.75, 3.05) is 35.2 Å². The molecule has 2 aromatic heterocycles. The van der Waals surface area contributed by atoms with Crippen LogP contribution in [0, 0.1) is 11.7 Å². The van der Waals surface area contributed by atoms with Gasteiger partial charge in [-0.2, -0.15) is 9.97 Å². The molecule has 3 aromatic rings. The topological polar surface area (TPSA) is 125 Å². The van der Waals surface area contributed by atoms with Gasteiger partial charge in [0.1, 0.15) is 23.3 Å². The van der Waals surface area contributed by atoms with E-state index in [1.54, 1.807) is 30.7 Å².